The van der Waals surface area contributed by atoms with E-state index < -0.39 is 0 Å². The lowest BCUT2D eigenvalue weighted by molar-refractivity contribution is -0.133. The van der Waals surface area contributed by atoms with Crippen LogP contribution in [0.5, 0.6) is 11.5 Å². The minimum Gasteiger partial charge on any atom is -0.484 e. The average molecular weight is 430 g/mol. The van der Waals surface area contributed by atoms with E-state index in [4.69, 9.17) is 26.3 Å². The molecule has 2 rings (SSSR count). The molecule has 0 radical (unpaired) electrons. The number of carbonyl (C=O) groups is 2. The second kappa shape index (κ2) is 11.7. The third kappa shape index (κ3) is 6.98. The van der Waals surface area contributed by atoms with E-state index >= 15 is 0 Å². The largest absolute Gasteiger partial charge is 0.484 e. The van der Waals surface area contributed by atoms with E-state index in [9.17, 15) is 9.59 Å². The SMILES string of the molecule is CCN(CC)C(=O)COc1ccc(NC(=O)COc2ccc(CC#N)cc2)cc1Cl. The fourth-order valence-electron chi connectivity index (χ4n) is 2.64. The zero-order valence-electron chi connectivity index (χ0n) is 17.0. The molecule has 0 saturated heterocycles. The Kier molecular flexibility index (Phi) is 8.98. The van der Waals surface area contributed by atoms with Crippen molar-refractivity contribution in [2.45, 2.75) is 20.3 Å². The van der Waals surface area contributed by atoms with Crippen LogP contribution in [0.3, 0.4) is 0 Å². The van der Waals surface area contributed by atoms with Gasteiger partial charge in [-0.05, 0) is 49.7 Å². The van der Waals surface area contributed by atoms with Crippen molar-refractivity contribution in [3.63, 3.8) is 0 Å². The van der Waals surface area contributed by atoms with Crippen LogP contribution in [0.4, 0.5) is 5.69 Å². The second-order valence-electron chi connectivity index (χ2n) is 6.32. The first kappa shape index (κ1) is 23.0. The monoisotopic (exact) mass is 429 g/mol. The highest BCUT2D eigenvalue weighted by molar-refractivity contribution is 6.32. The Labute approximate surface area is 181 Å². The van der Waals surface area contributed by atoms with Crippen LogP contribution in [0.15, 0.2) is 42.5 Å². The maximum atomic E-state index is 12.1. The van der Waals surface area contributed by atoms with Gasteiger partial charge in [0.2, 0.25) is 0 Å². The van der Waals surface area contributed by atoms with Gasteiger partial charge in [0.1, 0.15) is 11.5 Å². The second-order valence-corrected chi connectivity index (χ2v) is 6.72. The predicted molar refractivity (Wildman–Crippen MR) is 115 cm³/mol. The van der Waals surface area contributed by atoms with Crippen LogP contribution in [0.25, 0.3) is 0 Å². The number of hydrogen-bond acceptors (Lipinski definition) is 5. The topological polar surface area (TPSA) is 91.7 Å². The molecule has 2 aromatic rings. The van der Waals surface area contributed by atoms with Crippen LogP contribution < -0.4 is 14.8 Å². The Morgan fingerprint density at radius 2 is 1.77 bits per heavy atom. The summed E-state index contributed by atoms with van der Waals surface area (Å²) >= 11 is 6.20. The number of amides is 2. The summed E-state index contributed by atoms with van der Waals surface area (Å²) in [5.41, 5.74) is 1.37. The fourth-order valence-corrected chi connectivity index (χ4v) is 2.88. The highest BCUT2D eigenvalue weighted by Gasteiger charge is 2.12. The lowest BCUT2D eigenvalue weighted by Crippen LogP contribution is -2.34. The highest BCUT2D eigenvalue weighted by atomic mass is 35.5. The number of nitrogens with zero attached hydrogens (tertiary/aromatic N) is 2. The van der Waals surface area contributed by atoms with Crippen molar-refractivity contribution in [1.29, 1.82) is 5.26 Å². The summed E-state index contributed by atoms with van der Waals surface area (Å²) in [6.45, 7) is 4.76. The maximum Gasteiger partial charge on any atom is 0.262 e. The van der Waals surface area contributed by atoms with Gasteiger partial charge in [0.15, 0.2) is 13.2 Å². The molecule has 1 N–H and O–H groups in total. The number of anilines is 1. The zero-order valence-corrected chi connectivity index (χ0v) is 17.7. The van der Waals surface area contributed by atoms with Gasteiger partial charge in [0.25, 0.3) is 11.8 Å². The fraction of sp³-hybridized carbons (Fsp3) is 0.318. The van der Waals surface area contributed by atoms with Gasteiger partial charge in [0, 0.05) is 18.8 Å². The molecule has 2 aromatic carbocycles. The van der Waals surface area contributed by atoms with Crippen molar-refractivity contribution in [2.24, 2.45) is 0 Å². The summed E-state index contributed by atoms with van der Waals surface area (Å²) < 4.78 is 10.9. The lowest BCUT2D eigenvalue weighted by Gasteiger charge is -2.19. The first-order valence-corrected chi connectivity index (χ1v) is 9.93. The number of ether oxygens (including phenoxy) is 2. The molecule has 0 spiro atoms. The van der Waals surface area contributed by atoms with E-state index in [1.807, 2.05) is 13.8 Å². The molecule has 0 atom stereocenters. The molecule has 2 amide bonds. The Morgan fingerprint density at radius 1 is 1.07 bits per heavy atom. The molecule has 0 aliphatic carbocycles. The molecular formula is C22H24ClN3O4. The lowest BCUT2D eigenvalue weighted by atomic mass is 10.2. The van der Waals surface area contributed by atoms with Gasteiger partial charge in [-0.2, -0.15) is 5.26 Å². The van der Waals surface area contributed by atoms with Crippen molar-refractivity contribution in [1.82, 2.24) is 4.90 Å². The number of likely N-dealkylation sites (N-methyl/N-ethyl adjacent to an activating group) is 1. The van der Waals surface area contributed by atoms with Crippen molar-refractivity contribution < 1.29 is 19.1 Å². The van der Waals surface area contributed by atoms with Crippen molar-refractivity contribution in [3.8, 4) is 17.6 Å². The van der Waals surface area contributed by atoms with E-state index in [2.05, 4.69) is 11.4 Å². The molecule has 0 unspecified atom stereocenters. The molecule has 0 aromatic heterocycles. The van der Waals surface area contributed by atoms with Crippen LogP contribution in [0, 0.1) is 11.3 Å². The number of carbonyl (C=O) groups excluding carboxylic acids is 2. The summed E-state index contributed by atoms with van der Waals surface area (Å²) in [6, 6.07) is 13.8. The Balaban J connectivity index is 1.85. The van der Waals surface area contributed by atoms with Crippen LogP contribution in [0.2, 0.25) is 5.02 Å². The average Bonchev–Trinajstić information content (AvgIpc) is 2.74. The van der Waals surface area contributed by atoms with Crippen LogP contribution in [-0.2, 0) is 16.0 Å². The van der Waals surface area contributed by atoms with E-state index in [-0.39, 0.29) is 30.1 Å². The van der Waals surface area contributed by atoms with Gasteiger partial charge in [0.05, 0.1) is 17.5 Å². The van der Waals surface area contributed by atoms with Crippen LogP contribution in [0.1, 0.15) is 19.4 Å². The summed E-state index contributed by atoms with van der Waals surface area (Å²) in [6.07, 6.45) is 0.324. The predicted octanol–water partition coefficient (Wildman–Crippen LogP) is 3.67. The van der Waals surface area contributed by atoms with E-state index in [1.165, 1.54) is 0 Å². The van der Waals surface area contributed by atoms with Gasteiger partial charge in [-0.25, -0.2) is 0 Å². The van der Waals surface area contributed by atoms with Crippen molar-refractivity contribution in [3.05, 3.63) is 53.1 Å². The standard InChI is InChI=1S/C22H24ClN3O4/c1-3-26(4-2)22(28)15-30-20-10-7-17(13-19(20)23)25-21(27)14-29-18-8-5-16(6-9-18)11-12-24/h5-10,13H,3-4,11,14-15H2,1-2H3,(H,25,27). The molecule has 8 heteroatoms. The summed E-state index contributed by atoms with van der Waals surface area (Å²) in [4.78, 5) is 25.8. The Hall–Kier alpha value is -3.24. The van der Waals surface area contributed by atoms with Crippen molar-refractivity contribution in [2.75, 3.05) is 31.6 Å². The van der Waals surface area contributed by atoms with Gasteiger partial charge >= 0.3 is 0 Å². The number of nitrogens with one attached hydrogen (secondary N) is 1. The summed E-state index contributed by atoms with van der Waals surface area (Å²) in [5.74, 6) is 0.430. The molecule has 0 fully saturated rings. The van der Waals surface area contributed by atoms with E-state index in [0.29, 0.717) is 36.7 Å². The molecule has 0 saturated carbocycles. The molecule has 0 heterocycles. The Bertz CT molecular complexity index is 906. The number of hydrogen-bond donors (Lipinski definition) is 1. The Morgan fingerprint density at radius 3 is 2.37 bits per heavy atom. The number of rotatable bonds is 10. The molecule has 7 nitrogen and oxygen atoms in total. The van der Waals surface area contributed by atoms with Crippen LogP contribution >= 0.6 is 11.6 Å². The number of nitriles is 1. The van der Waals surface area contributed by atoms with Crippen LogP contribution in [-0.4, -0.2) is 43.0 Å². The quantitative estimate of drug-likeness (QED) is 0.622. The molecular weight excluding hydrogens is 406 g/mol. The van der Waals surface area contributed by atoms with Gasteiger partial charge in [-0.15, -0.1) is 0 Å². The van der Waals surface area contributed by atoms with Gasteiger partial charge < -0.3 is 19.7 Å². The molecule has 0 bridgehead atoms. The smallest absolute Gasteiger partial charge is 0.262 e. The first-order chi connectivity index (χ1) is 14.5. The van der Waals surface area contributed by atoms with Gasteiger partial charge in [-0.1, -0.05) is 23.7 Å². The van der Waals surface area contributed by atoms with Crippen molar-refractivity contribution >= 4 is 29.1 Å². The molecule has 158 valence electrons. The first-order valence-electron chi connectivity index (χ1n) is 9.55. The zero-order chi connectivity index (χ0) is 21.9. The molecule has 30 heavy (non-hydrogen) atoms. The number of halogens is 1. The normalized spacial score (nSPS) is 10.1. The minimum atomic E-state index is -0.349. The summed E-state index contributed by atoms with van der Waals surface area (Å²) in [5, 5.41) is 11.6. The van der Waals surface area contributed by atoms with E-state index in [0.717, 1.165) is 5.56 Å². The third-order valence-corrected chi connectivity index (χ3v) is 4.55. The minimum absolute atomic E-state index is 0.103. The maximum absolute atomic E-state index is 12.1. The third-order valence-electron chi connectivity index (χ3n) is 4.26. The molecule has 0 aliphatic rings. The number of benzene rings is 2. The molecule has 0 aliphatic heterocycles. The highest BCUT2D eigenvalue weighted by Crippen LogP contribution is 2.27. The summed E-state index contributed by atoms with van der Waals surface area (Å²) in [7, 11) is 0. The van der Waals surface area contributed by atoms with E-state index in [1.54, 1.807) is 47.4 Å². The van der Waals surface area contributed by atoms with Gasteiger partial charge in [-0.3, -0.25) is 9.59 Å².